The topological polar surface area (TPSA) is 71.0 Å². The average molecular weight is 339 g/mol. The molecule has 132 valence electrons. The van der Waals surface area contributed by atoms with Crippen LogP contribution < -0.4 is 5.32 Å². The van der Waals surface area contributed by atoms with Crippen molar-refractivity contribution >= 4 is 5.91 Å². The minimum atomic E-state index is -0.111. The van der Waals surface area contributed by atoms with Gasteiger partial charge in [-0.3, -0.25) is 9.78 Å². The number of nitrogens with one attached hydrogen (secondary N) is 1. The molecule has 0 aliphatic carbocycles. The van der Waals surface area contributed by atoms with Crippen LogP contribution in [0.25, 0.3) is 11.4 Å². The number of hydrogen-bond acceptors (Lipinski definition) is 5. The highest BCUT2D eigenvalue weighted by Crippen LogP contribution is 2.17. The lowest BCUT2D eigenvalue weighted by molar-refractivity contribution is 0.0946. The molecule has 1 saturated heterocycles. The van der Waals surface area contributed by atoms with Crippen LogP contribution in [0.3, 0.4) is 0 Å². The summed E-state index contributed by atoms with van der Waals surface area (Å²) < 4.78 is 0. The van der Waals surface area contributed by atoms with Crippen molar-refractivity contribution in [1.29, 1.82) is 0 Å². The fraction of sp³-hybridized carbons (Fsp3) is 0.474. The monoisotopic (exact) mass is 339 g/mol. The first-order valence-electron chi connectivity index (χ1n) is 8.85. The number of carbonyl (C=O) groups excluding carboxylic acids is 1. The van der Waals surface area contributed by atoms with Gasteiger partial charge in [0.2, 0.25) is 0 Å². The Morgan fingerprint density at radius 1 is 1.32 bits per heavy atom. The van der Waals surface area contributed by atoms with Crippen LogP contribution in [0.1, 0.15) is 30.6 Å². The number of nitrogens with zero attached hydrogens (tertiary/aromatic N) is 4. The molecule has 6 heteroatoms. The Morgan fingerprint density at radius 2 is 2.12 bits per heavy atom. The van der Waals surface area contributed by atoms with E-state index in [1.807, 2.05) is 12.1 Å². The molecular formula is C19H25N5O. The summed E-state index contributed by atoms with van der Waals surface area (Å²) in [5.74, 6) is 1.67. The van der Waals surface area contributed by atoms with Crippen molar-refractivity contribution in [1.82, 2.24) is 25.2 Å². The van der Waals surface area contributed by atoms with Gasteiger partial charge >= 0.3 is 0 Å². The highest BCUT2D eigenvalue weighted by molar-refractivity contribution is 5.93. The maximum Gasteiger partial charge on any atom is 0.254 e. The van der Waals surface area contributed by atoms with E-state index in [2.05, 4.69) is 39.0 Å². The second-order valence-electron chi connectivity index (χ2n) is 7.06. The SMILES string of the molecule is CC(C)CN1CC[C@@H](CNC(=O)c2cnc(-c3cccnc3)nc2)C1. The number of pyridine rings is 1. The molecule has 3 heterocycles. The molecule has 0 unspecified atom stereocenters. The Morgan fingerprint density at radius 3 is 2.80 bits per heavy atom. The fourth-order valence-corrected chi connectivity index (χ4v) is 3.19. The van der Waals surface area contributed by atoms with E-state index in [9.17, 15) is 4.79 Å². The maximum atomic E-state index is 12.3. The van der Waals surface area contributed by atoms with Crippen LogP contribution >= 0.6 is 0 Å². The zero-order chi connectivity index (χ0) is 17.6. The quantitative estimate of drug-likeness (QED) is 0.874. The molecule has 1 fully saturated rings. The van der Waals surface area contributed by atoms with Gasteiger partial charge in [-0.2, -0.15) is 0 Å². The van der Waals surface area contributed by atoms with Crippen LogP contribution in [-0.2, 0) is 0 Å². The molecule has 25 heavy (non-hydrogen) atoms. The molecule has 0 saturated carbocycles. The second kappa shape index (κ2) is 8.16. The Labute approximate surface area is 148 Å². The molecule has 1 aliphatic heterocycles. The zero-order valence-electron chi connectivity index (χ0n) is 14.9. The van der Waals surface area contributed by atoms with E-state index in [1.54, 1.807) is 24.8 Å². The molecule has 1 amide bonds. The van der Waals surface area contributed by atoms with Crippen molar-refractivity contribution in [3.05, 3.63) is 42.5 Å². The second-order valence-corrected chi connectivity index (χ2v) is 7.06. The molecule has 0 spiro atoms. The van der Waals surface area contributed by atoms with Gasteiger partial charge in [-0.15, -0.1) is 0 Å². The smallest absolute Gasteiger partial charge is 0.254 e. The molecule has 6 nitrogen and oxygen atoms in total. The van der Waals surface area contributed by atoms with Gasteiger partial charge in [-0.1, -0.05) is 13.8 Å². The van der Waals surface area contributed by atoms with E-state index in [1.165, 1.54) is 0 Å². The number of likely N-dealkylation sites (tertiary alicyclic amines) is 1. The predicted octanol–water partition coefficient (Wildman–Crippen LogP) is 2.25. The highest BCUT2D eigenvalue weighted by Gasteiger charge is 2.23. The number of aromatic nitrogens is 3. The lowest BCUT2D eigenvalue weighted by atomic mass is 10.1. The molecule has 2 aromatic rings. The van der Waals surface area contributed by atoms with E-state index in [0.717, 1.165) is 31.6 Å². The first-order chi connectivity index (χ1) is 12.1. The van der Waals surface area contributed by atoms with Gasteiger partial charge in [0.25, 0.3) is 5.91 Å². The van der Waals surface area contributed by atoms with Crippen molar-refractivity contribution in [3.8, 4) is 11.4 Å². The first-order valence-corrected chi connectivity index (χ1v) is 8.85. The van der Waals surface area contributed by atoms with Crippen molar-refractivity contribution in [2.75, 3.05) is 26.2 Å². The summed E-state index contributed by atoms with van der Waals surface area (Å²) in [4.78, 5) is 27.4. The van der Waals surface area contributed by atoms with E-state index in [4.69, 9.17) is 0 Å². The molecule has 1 N–H and O–H groups in total. The standard InChI is InChI=1S/C19H25N5O/c1-14(2)12-24-7-5-15(13-24)8-23-19(25)17-10-21-18(22-11-17)16-4-3-6-20-9-16/h3-4,6,9-11,14-15H,5,7-8,12-13H2,1-2H3,(H,23,25)/t15-/m0/s1. The third-order valence-corrected chi connectivity index (χ3v) is 4.38. The molecule has 3 rings (SSSR count). The molecule has 1 aliphatic rings. The summed E-state index contributed by atoms with van der Waals surface area (Å²) in [5, 5.41) is 3.02. The number of rotatable bonds is 6. The number of amides is 1. The third-order valence-electron chi connectivity index (χ3n) is 4.38. The minimum Gasteiger partial charge on any atom is -0.352 e. The van der Waals surface area contributed by atoms with Crippen molar-refractivity contribution in [2.45, 2.75) is 20.3 Å². The van der Waals surface area contributed by atoms with Gasteiger partial charge in [0.1, 0.15) is 0 Å². The molecule has 0 radical (unpaired) electrons. The van der Waals surface area contributed by atoms with Crippen LogP contribution in [0.2, 0.25) is 0 Å². The third kappa shape index (κ3) is 4.82. The summed E-state index contributed by atoms with van der Waals surface area (Å²) >= 11 is 0. The highest BCUT2D eigenvalue weighted by atomic mass is 16.1. The van der Waals surface area contributed by atoms with Gasteiger partial charge in [0.15, 0.2) is 5.82 Å². The normalized spacial score (nSPS) is 17.8. The van der Waals surface area contributed by atoms with E-state index in [0.29, 0.717) is 29.8 Å². The van der Waals surface area contributed by atoms with Crippen LogP contribution in [-0.4, -0.2) is 51.9 Å². The van der Waals surface area contributed by atoms with Crippen LogP contribution in [0.15, 0.2) is 36.9 Å². The Bertz CT molecular complexity index is 687. The van der Waals surface area contributed by atoms with Gasteiger partial charge in [-0.25, -0.2) is 9.97 Å². The average Bonchev–Trinajstić information content (AvgIpc) is 3.07. The summed E-state index contributed by atoms with van der Waals surface area (Å²) in [6.45, 7) is 8.51. The van der Waals surface area contributed by atoms with Gasteiger partial charge in [-0.05, 0) is 36.9 Å². The molecular weight excluding hydrogens is 314 g/mol. The Kier molecular flexibility index (Phi) is 5.71. The molecule has 0 bridgehead atoms. The molecule has 0 aromatic carbocycles. The largest absolute Gasteiger partial charge is 0.352 e. The van der Waals surface area contributed by atoms with Crippen LogP contribution in [0, 0.1) is 11.8 Å². The summed E-state index contributed by atoms with van der Waals surface area (Å²) in [7, 11) is 0. The summed E-state index contributed by atoms with van der Waals surface area (Å²) in [5.41, 5.74) is 1.33. The van der Waals surface area contributed by atoms with Gasteiger partial charge < -0.3 is 10.2 Å². The summed E-state index contributed by atoms with van der Waals surface area (Å²) in [6, 6.07) is 3.73. The van der Waals surface area contributed by atoms with E-state index < -0.39 is 0 Å². The number of hydrogen-bond donors (Lipinski definition) is 1. The van der Waals surface area contributed by atoms with Crippen LogP contribution in [0.4, 0.5) is 0 Å². The van der Waals surface area contributed by atoms with Crippen molar-refractivity contribution in [3.63, 3.8) is 0 Å². The van der Waals surface area contributed by atoms with Crippen molar-refractivity contribution in [2.24, 2.45) is 11.8 Å². The predicted molar refractivity (Wildman–Crippen MR) is 97.0 cm³/mol. The van der Waals surface area contributed by atoms with E-state index >= 15 is 0 Å². The first kappa shape index (κ1) is 17.5. The van der Waals surface area contributed by atoms with Crippen LogP contribution in [0.5, 0.6) is 0 Å². The summed E-state index contributed by atoms with van der Waals surface area (Å²) in [6.07, 6.45) is 7.70. The Balaban J connectivity index is 1.50. The van der Waals surface area contributed by atoms with Gasteiger partial charge in [0, 0.05) is 50.0 Å². The lowest BCUT2D eigenvalue weighted by Crippen LogP contribution is -2.32. The molecule has 2 aromatic heterocycles. The maximum absolute atomic E-state index is 12.3. The van der Waals surface area contributed by atoms with Gasteiger partial charge in [0.05, 0.1) is 5.56 Å². The lowest BCUT2D eigenvalue weighted by Gasteiger charge is -2.18. The number of carbonyl (C=O) groups is 1. The minimum absolute atomic E-state index is 0.111. The fourth-order valence-electron chi connectivity index (χ4n) is 3.19. The Hall–Kier alpha value is -2.34. The molecule has 1 atom stereocenters. The van der Waals surface area contributed by atoms with Crippen molar-refractivity contribution < 1.29 is 4.79 Å². The van der Waals surface area contributed by atoms with E-state index in [-0.39, 0.29) is 5.91 Å². The zero-order valence-corrected chi connectivity index (χ0v) is 14.9.